The van der Waals surface area contributed by atoms with Gasteiger partial charge in [-0.05, 0) is 42.0 Å². The fourth-order valence-electron chi connectivity index (χ4n) is 3.81. The number of anilines is 1. The summed E-state index contributed by atoms with van der Waals surface area (Å²) in [5.41, 5.74) is 7.48. The summed E-state index contributed by atoms with van der Waals surface area (Å²) in [7, 11) is 1.48. The molecule has 2 N–H and O–H groups in total. The predicted octanol–water partition coefficient (Wildman–Crippen LogP) is 1.62. The molecule has 0 radical (unpaired) electrons. The van der Waals surface area contributed by atoms with Gasteiger partial charge in [-0.2, -0.15) is 0 Å². The van der Waals surface area contributed by atoms with Crippen molar-refractivity contribution in [3.05, 3.63) is 60.2 Å². The molecule has 4 rings (SSSR count). The van der Waals surface area contributed by atoms with Crippen molar-refractivity contribution in [1.29, 1.82) is 0 Å². The van der Waals surface area contributed by atoms with Crippen molar-refractivity contribution in [3.8, 4) is 5.75 Å². The van der Waals surface area contributed by atoms with Crippen molar-refractivity contribution < 1.29 is 23.5 Å². The van der Waals surface area contributed by atoms with Gasteiger partial charge in [0.25, 0.3) is 5.91 Å². The van der Waals surface area contributed by atoms with Gasteiger partial charge >= 0.3 is 0 Å². The highest BCUT2D eigenvalue weighted by Gasteiger charge is 2.37. The van der Waals surface area contributed by atoms with Crippen molar-refractivity contribution in [3.63, 3.8) is 0 Å². The van der Waals surface area contributed by atoms with Gasteiger partial charge in [0.1, 0.15) is 29.8 Å². The predicted molar refractivity (Wildman–Crippen MR) is 119 cm³/mol. The van der Waals surface area contributed by atoms with Gasteiger partial charge in [0, 0.05) is 32.1 Å². The number of benzene rings is 2. The lowest BCUT2D eigenvalue weighted by atomic mass is 10.1. The number of carbonyl (C=O) groups excluding carboxylic acids is 2. The standard InChI is InChI=1S/C23H24FN5O4/c1-32-12-20-23(31)28(11-15-2-7-18-19(10-15)26-14-27-22(18)25)8-9-29(20)21(30)13-33-17-5-3-16(24)4-6-17/h2-7,10,14,20H,8-9,11-13H2,1H3,(H2,25,26,27)/t20-/m0/s1. The van der Waals surface area contributed by atoms with Crippen LogP contribution in [0.25, 0.3) is 10.9 Å². The molecule has 0 aliphatic carbocycles. The number of rotatable bonds is 7. The first kappa shape index (κ1) is 22.4. The zero-order valence-electron chi connectivity index (χ0n) is 18.1. The summed E-state index contributed by atoms with van der Waals surface area (Å²) in [5.74, 6) is -0.165. The molecule has 0 saturated carbocycles. The van der Waals surface area contributed by atoms with Crippen LogP contribution < -0.4 is 10.5 Å². The second-order valence-corrected chi connectivity index (χ2v) is 7.67. The Hall–Kier alpha value is -3.79. The van der Waals surface area contributed by atoms with E-state index in [1.165, 1.54) is 42.6 Å². The van der Waals surface area contributed by atoms with Gasteiger partial charge in [-0.1, -0.05) is 6.07 Å². The number of hydrogen-bond acceptors (Lipinski definition) is 7. The maximum atomic E-state index is 13.2. The molecule has 2 amide bonds. The topological polar surface area (TPSA) is 111 Å². The van der Waals surface area contributed by atoms with E-state index >= 15 is 0 Å². The summed E-state index contributed by atoms with van der Waals surface area (Å²) in [6.07, 6.45) is 1.40. The fourth-order valence-corrected chi connectivity index (χ4v) is 3.81. The minimum Gasteiger partial charge on any atom is -0.484 e. The minimum absolute atomic E-state index is 0.0686. The van der Waals surface area contributed by atoms with E-state index in [0.29, 0.717) is 36.7 Å². The molecule has 10 heteroatoms. The summed E-state index contributed by atoms with van der Waals surface area (Å²) < 4.78 is 23.7. The number of nitrogens with zero attached hydrogens (tertiary/aromatic N) is 4. The van der Waals surface area contributed by atoms with Gasteiger partial charge in [0.15, 0.2) is 6.61 Å². The first-order valence-corrected chi connectivity index (χ1v) is 10.4. The number of ether oxygens (including phenoxy) is 2. The Labute approximate surface area is 189 Å². The Morgan fingerprint density at radius 2 is 1.97 bits per heavy atom. The Bertz CT molecular complexity index is 1160. The van der Waals surface area contributed by atoms with E-state index in [-0.39, 0.29) is 25.0 Å². The molecule has 1 aliphatic heterocycles. The van der Waals surface area contributed by atoms with Crippen LogP contribution in [0, 0.1) is 5.82 Å². The maximum absolute atomic E-state index is 13.2. The summed E-state index contributed by atoms with van der Waals surface area (Å²) in [6.45, 7) is 0.885. The number of aromatic nitrogens is 2. The van der Waals surface area contributed by atoms with E-state index < -0.39 is 11.9 Å². The summed E-state index contributed by atoms with van der Waals surface area (Å²) in [6, 6.07) is 10.2. The van der Waals surface area contributed by atoms with Crippen LogP contribution in [0.1, 0.15) is 5.56 Å². The number of nitrogen functional groups attached to an aromatic ring is 1. The largest absolute Gasteiger partial charge is 0.484 e. The number of halogens is 1. The monoisotopic (exact) mass is 453 g/mol. The number of nitrogens with two attached hydrogens (primary N) is 1. The molecule has 2 aromatic carbocycles. The van der Waals surface area contributed by atoms with Gasteiger partial charge in [-0.25, -0.2) is 14.4 Å². The van der Waals surface area contributed by atoms with E-state index in [1.54, 1.807) is 4.90 Å². The van der Waals surface area contributed by atoms with E-state index in [0.717, 1.165) is 10.9 Å². The van der Waals surface area contributed by atoms with E-state index in [2.05, 4.69) is 9.97 Å². The molecule has 33 heavy (non-hydrogen) atoms. The summed E-state index contributed by atoms with van der Waals surface area (Å²) in [5, 5.41) is 0.751. The average molecular weight is 453 g/mol. The van der Waals surface area contributed by atoms with Crippen LogP contribution in [0.4, 0.5) is 10.2 Å². The molecule has 0 spiro atoms. The quantitative estimate of drug-likeness (QED) is 0.579. The molecule has 1 atom stereocenters. The second kappa shape index (κ2) is 9.78. The zero-order chi connectivity index (χ0) is 23.4. The van der Waals surface area contributed by atoms with Crippen LogP contribution in [-0.2, 0) is 20.9 Å². The molecule has 0 unspecified atom stereocenters. The Morgan fingerprint density at radius 3 is 2.73 bits per heavy atom. The Balaban J connectivity index is 1.43. The number of piperazine rings is 1. The lowest BCUT2D eigenvalue weighted by molar-refractivity contribution is -0.155. The Kier molecular flexibility index (Phi) is 6.64. The van der Waals surface area contributed by atoms with Crippen molar-refractivity contribution >= 4 is 28.5 Å². The fraction of sp³-hybridized carbons (Fsp3) is 0.304. The number of hydrogen-bond donors (Lipinski definition) is 1. The van der Waals surface area contributed by atoms with Crippen LogP contribution in [0.3, 0.4) is 0 Å². The van der Waals surface area contributed by atoms with Crippen LogP contribution >= 0.6 is 0 Å². The lowest BCUT2D eigenvalue weighted by Crippen LogP contribution is -2.60. The molecule has 0 bridgehead atoms. The molecule has 1 aromatic heterocycles. The number of amides is 2. The maximum Gasteiger partial charge on any atom is 0.261 e. The lowest BCUT2D eigenvalue weighted by Gasteiger charge is -2.40. The van der Waals surface area contributed by atoms with Gasteiger partial charge in [-0.3, -0.25) is 9.59 Å². The zero-order valence-corrected chi connectivity index (χ0v) is 18.1. The highest BCUT2D eigenvalue weighted by atomic mass is 19.1. The average Bonchev–Trinajstić information content (AvgIpc) is 2.81. The third-order valence-electron chi connectivity index (χ3n) is 5.51. The van der Waals surface area contributed by atoms with Gasteiger partial charge in [0.2, 0.25) is 5.91 Å². The van der Waals surface area contributed by atoms with Crippen molar-refractivity contribution in [1.82, 2.24) is 19.8 Å². The number of fused-ring (bicyclic) bond motifs is 1. The normalized spacial score (nSPS) is 16.3. The van der Waals surface area contributed by atoms with Gasteiger partial charge < -0.3 is 25.0 Å². The van der Waals surface area contributed by atoms with Crippen molar-refractivity contribution in [2.45, 2.75) is 12.6 Å². The minimum atomic E-state index is -0.758. The molecule has 3 aromatic rings. The first-order valence-electron chi connectivity index (χ1n) is 10.4. The summed E-state index contributed by atoms with van der Waals surface area (Å²) in [4.78, 5) is 37.4. The molecule has 1 saturated heterocycles. The molecular formula is C23H24FN5O4. The molecule has 9 nitrogen and oxygen atoms in total. The number of methoxy groups -OCH3 is 1. The molecule has 172 valence electrons. The first-order chi connectivity index (χ1) is 16.0. The molecular weight excluding hydrogens is 429 g/mol. The smallest absolute Gasteiger partial charge is 0.261 e. The second-order valence-electron chi connectivity index (χ2n) is 7.67. The van der Waals surface area contributed by atoms with Crippen LogP contribution in [0.2, 0.25) is 0 Å². The van der Waals surface area contributed by atoms with Gasteiger partial charge in [-0.15, -0.1) is 0 Å². The number of carbonyl (C=O) groups is 2. The van der Waals surface area contributed by atoms with Gasteiger partial charge in [0.05, 0.1) is 12.1 Å². The molecule has 1 aliphatic rings. The Morgan fingerprint density at radius 1 is 1.18 bits per heavy atom. The SMILES string of the molecule is COC[C@H]1C(=O)N(Cc2ccc3c(N)ncnc3c2)CCN1C(=O)COc1ccc(F)cc1. The summed E-state index contributed by atoms with van der Waals surface area (Å²) >= 11 is 0. The van der Waals surface area contributed by atoms with Crippen LogP contribution in [0.15, 0.2) is 48.8 Å². The molecule has 2 heterocycles. The van der Waals surface area contributed by atoms with E-state index in [1.807, 2.05) is 18.2 Å². The highest BCUT2D eigenvalue weighted by molar-refractivity contribution is 5.90. The van der Waals surface area contributed by atoms with Crippen LogP contribution in [-0.4, -0.2) is 71.0 Å². The van der Waals surface area contributed by atoms with Crippen LogP contribution in [0.5, 0.6) is 5.75 Å². The van der Waals surface area contributed by atoms with Crippen molar-refractivity contribution in [2.75, 3.05) is 39.1 Å². The van der Waals surface area contributed by atoms with E-state index in [9.17, 15) is 14.0 Å². The molecule has 1 fully saturated rings. The third kappa shape index (κ3) is 5.01. The third-order valence-corrected chi connectivity index (χ3v) is 5.51. The van der Waals surface area contributed by atoms with E-state index in [4.69, 9.17) is 15.2 Å². The highest BCUT2D eigenvalue weighted by Crippen LogP contribution is 2.21. The van der Waals surface area contributed by atoms with Crippen molar-refractivity contribution in [2.24, 2.45) is 0 Å².